The summed E-state index contributed by atoms with van der Waals surface area (Å²) in [6, 6.07) is 10.7. The summed E-state index contributed by atoms with van der Waals surface area (Å²) in [6.45, 7) is -0.147. The van der Waals surface area contributed by atoms with Crippen LogP contribution in [0.4, 0.5) is 13.2 Å². The van der Waals surface area contributed by atoms with E-state index in [9.17, 15) is 18.0 Å². The fraction of sp³-hybridized carbons (Fsp3) is 0.125. The van der Waals surface area contributed by atoms with E-state index in [2.05, 4.69) is 15.2 Å². The molecular weight excluding hydrogens is 357 g/mol. The summed E-state index contributed by atoms with van der Waals surface area (Å²) in [5.41, 5.74) is 0.229. The molecule has 0 atom stereocenters. The summed E-state index contributed by atoms with van der Waals surface area (Å²) in [4.78, 5) is 12.9. The van der Waals surface area contributed by atoms with Gasteiger partial charge in [0.05, 0.1) is 4.88 Å². The zero-order valence-corrected chi connectivity index (χ0v) is 13.4. The van der Waals surface area contributed by atoms with Gasteiger partial charge in [-0.2, -0.15) is 0 Å². The van der Waals surface area contributed by atoms with Crippen LogP contribution in [-0.2, 0) is 6.54 Å². The molecular formula is C16H11F3N2O3S. The van der Waals surface area contributed by atoms with Crippen molar-refractivity contribution in [3.63, 3.8) is 0 Å². The lowest BCUT2D eigenvalue weighted by Crippen LogP contribution is -2.24. The predicted octanol–water partition coefficient (Wildman–Crippen LogP) is 4.23. The monoisotopic (exact) mass is 368 g/mol. The van der Waals surface area contributed by atoms with Gasteiger partial charge in [-0.3, -0.25) is 4.79 Å². The first-order valence-electron chi connectivity index (χ1n) is 7.05. The number of nitrogens with zero attached hydrogens (tertiary/aromatic N) is 1. The summed E-state index contributed by atoms with van der Waals surface area (Å²) in [7, 11) is 0. The molecule has 3 rings (SSSR count). The number of alkyl halides is 3. The average molecular weight is 368 g/mol. The molecule has 1 amide bonds. The number of para-hydroxylation sites is 1. The Balaban J connectivity index is 1.67. The van der Waals surface area contributed by atoms with Gasteiger partial charge in [0, 0.05) is 18.2 Å². The van der Waals surface area contributed by atoms with Crippen LogP contribution in [0.15, 0.2) is 52.4 Å². The van der Waals surface area contributed by atoms with E-state index in [-0.39, 0.29) is 23.6 Å². The number of rotatable bonds is 5. The first-order chi connectivity index (χ1) is 11.9. The van der Waals surface area contributed by atoms with Gasteiger partial charge in [0.2, 0.25) is 0 Å². The van der Waals surface area contributed by atoms with Crippen LogP contribution in [0.5, 0.6) is 5.75 Å². The molecule has 0 aliphatic carbocycles. The van der Waals surface area contributed by atoms with Crippen LogP contribution < -0.4 is 10.1 Å². The van der Waals surface area contributed by atoms with E-state index in [0.29, 0.717) is 5.76 Å². The molecule has 2 aromatic heterocycles. The highest BCUT2D eigenvalue weighted by Crippen LogP contribution is 2.27. The quantitative estimate of drug-likeness (QED) is 0.732. The molecule has 0 aliphatic heterocycles. The Kier molecular flexibility index (Phi) is 4.75. The van der Waals surface area contributed by atoms with Crippen LogP contribution in [0, 0.1) is 0 Å². The number of halogens is 3. The topological polar surface area (TPSA) is 64.4 Å². The normalized spacial score (nSPS) is 11.3. The molecule has 0 saturated heterocycles. The maximum absolute atomic E-state index is 12.4. The minimum absolute atomic E-state index is 0.0395. The predicted molar refractivity (Wildman–Crippen MR) is 84.1 cm³/mol. The van der Waals surface area contributed by atoms with E-state index in [1.165, 1.54) is 35.6 Å². The molecule has 9 heteroatoms. The zero-order valence-electron chi connectivity index (χ0n) is 12.5. The largest absolute Gasteiger partial charge is 0.573 e. The minimum Gasteiger partial charge on any atom is -0.405 e. The molecule has 0 saturated carbocycles. The maximum Gasteiger partial charge on any atom is 0.573 e. The minimum atomic E-state index is -4.80. The Morgan fingerprint density at radius 1 is 1.24 bits per heavy atom. The average Bonchev–Trinajstić information content (AvgIpc) is 3.23. The maximum atomic E-state index is 12.4. The lowest BCUT2D eigenvalue weighted by molar-refractivity contribution is -0.274. The third-order valence-electron chi connectivity index (χ3n) is 3.14. The second-order valence-corrected chi connectivity index (χ2v) is 5.84. The van der Waals surface area contributed by atoms with E-state index >= 15 is 0 Å². The Hall–Kier alpha value is -2.81. The summed E-state index contributed by atoms with van der Waals surface area (Å²) in [5.74, 6) is -0.482. The third-order valence-corrected chi connectivity index (χ3v) is 4.03. The number of hydrogen-bond acceptors (Lipinski definition) is 5. The van der Waals surface area contributed by atoms with Gasteiger partial charge in [-0.05, 0) is 17.5 Å². The second kappa shape index (κ2) is 6.98. The first kappa shape index (κ1) is 17.0. The molecule has 0 bridgehead atoms. The zero-order chi connectivity index (χ0) is 17.9. The highest BCUT2D eigenvalue weighted by atomic mass is 32.1. The molecule has 1 aromatic carbocycles. The van der Waals surface area contributed by atoms with Crippen molar-refractivity contribution in [2.75, 3.05) is 0 Å². The number of amides is 1. The Labute approximate surface area is 144 Å². The van der Waals surface area contributed by atoms with E-state index in [4.69, 9.17) is 4.52 Å². The van der Waals surface area contributed by atoms with Crippen molar-refractivity contribution in [1.29, 1.82) is 0 Å². The van der Waals surface area contributed by atoms with Crippen LogP contribution in [0.1, 0.15) is 16.1 Å². The van der Waals surface area contributed by atoms with Crippen molar-refractivity contribution in [3.05, 3.63) is 59.1 Å². The number of carbonyl (C=O) groups is 1. The highest BCUT2D eigenvalue weighted by Gasteiger charge is 2.32. The van der Waals surface area contributed by atoms with E-state index < -0.39 is 12.3 Å². The number of thiophene rings is 1. The van der Waals surface area contributed by atoms with Gasteiger partial charge in [-0.1, -0.05) is 29.4 Å². The van der Waals surface area contributed by atoms with E-state index in [1.807, 2.05) is 17.5 Å². The van der Waals surface area contributed by atoms with Crippen LogP contribution in [-0.4, -0.2) is 17.4 Å². The first-order valence-corrected chi connectivity index (χ1v) is 7.93. The van der Waals surface area contributed by atoms with Crippen LogP contribution in [0.3, 0.4) is 0 Å². The molecule has 0 unspecified atom stereocenters. The fourth-order valence-corrected chi connectivity index (χ4v) is 2.73. The molecule has 2 heterocycles. The Morgan fingerprint density at radius 2 is 2.04 bits per heavy atom. The SMILES string of the molecule is O=C(NCc1ccccc1OC(F)(F)F)c1cc(-c2cccs2)on1. The number of carbonyl (C=O) groups excluding carboxylic acids is 1. The van der Waals surface area contributed by atoms with Gasteiger partial charge in [-0.15, -0.1) is 24.5 Å². The van der Waals surface area contributed by atoms with Crippen LogP contribution in [0.25, 0.3) is 10.6 Å². The van der Waals surface area contributed by atoms with Crippen molar-refractivity contribution in [2.45, 2.75) is 12.9 Å². The Morgan fingerprint density at radius 3 is 2.76 bits per heavy atom. The third kappa shape index (κ3) is 4.38. The standard InChI is InChI=1S/C16H11F3N2O3S/c17-16(18,19)23-12-5-2-1-4-10(12)9-20-15(22)11-8-13(24-21-11)14-6-3-7-25-14/h1-8H,9H2,(H,20,22). The molecule has 3 aromatic rings. The smallest absolute Gasteiger partial charge is 0.405 e. The summed E-state index contributed by atoms with van der Waals surface area (Å²) in [6.07, 6.45) is -4.80. The molecule has 25 heavy (non-hydrogen) atoms. The summed E-state index contributed by atoms with van der Waals surface area (Å²) < 4.78 is 46.2. The Bertz CT molecular complexity index is 860. The molecule has 1 N–H and O–H groups in total. The number of hydrogen-bond donors (Lipinski definition) is 1. The second-order valence-electron chi connectivity index (χ2n) is 4.89. The number of benzene rings is 1. The van der Waals surface area contributed by atoms with Crippen LogP contribution in [0.2, 0.25) is 0 Å². The van der Waals surface area contributed by atoms with Crippen molar-refractivity contribution < 1.29 is 27.2 Å². The molecule has 5 nitrogen and oxygen atoms in total. The van der Waals surface area contributed by atoms with E-state index in [0.717, 1.165) is 4.88 Å². The summed E-state index contributed by atoms with van der Waals surface area (Å²) >= 11 is 1.43. The van der Waals surface area contributed by atoms with Gasteiger partial charge in [0.15, 0.2) is 11.5 Å². The number of ether oxygens (including phenoxy) is 1. The van der Waals surface area contributed by atoms with Gasteiger partial charge in [0.25, 0.3) is 5.91 Å². The van der Waals surface area contributed by atoms with Crippen molar-refractivity contribution >= 4 is 17.2 Å². The fourth-order valence-electron chi connectivity index (χ4n) is 2.06. The van der Waals surface area contributed by atoms with Gasteiger partial charge in [0.1, 0.15) is 5.75 Å². The van der Waals surface area contributed by atoms with Gasteiger partial charge in [-0.25, -0.2) is 0 Å². The molecule has 0 radical (unpaired) electrons. The van der Waals surface area contributed by atoms with Crippen molar-refractivity contribution in [2.24, 2.45) is 0 Å². The lowest BCUT2D eigenvalue weighted by atomic mass is 10.2. The van der Waals surface area contributed by atoms with Crippen molar-refractivity contribution in [1.82, 2.24) is 10.5 Å². The van der Waals surface area contributed by atoms with Gasteiger partial charge >= 0.3 is 6.36 Å². The molecule has 130 valence electrons. The number of aromatic nitrogens is 1. The van der Waals surface area contributed by atoms with Crippen LogP contribution >= 0.6 is 11.3 Å². The molecule has 0 fully saturated rings. The highest BCUT2D eigenvalue weighted by molar-refractivity contribution is 7.13. The molecule has 0 spiro atoms. The summed E-state index contributed by atoms with van der Waals surface area (Å²) in [5, 5.41) is 8.03. The van der Waals surface area contributed by atoms with Crippen molar-refractivity contribution in [3.8, 4) is 16.4 Å². The molecule has 0 aliphatic rings. The lowest BCUT2D eigenvalue weighted by Gasteiger charge is -2.13. The van der Waals surface area contributed by atoms with Gasteiger partial charge < -0.3 is 14.6 Å². The number of nitrogens with one attached hydrogen (secondary N) is 1. The van der Waals surface area contributed by atoms with E-state index in [1.54, 1.807) is 6.07 Å².